The fourth-order valence-electron chi connectivity index (χ4n) is 2.21. The first-order valence-electron chi connectivity index (χ1n) is 7.26. The van der Waals surface area contributed by atoms with Gasteiger partial charge < -0.3 is 4.90 Å². The Bertz CT molecular complexity index is 641. The Morgan fingerprint density at radius 2 is 1.77 bits per heavy atom. The average molecular weight is 303 g/mol. The smallest absolute Gasteiger partial charge is 0.227 e. The molecule has 116 valence electrons. The molecule has 0 saturated heterocycles. The lowest BCUT2D eigenvalue weighted by atomic mass is 10.1. The third-order valence-corrected chi connectivity index (χ3v) is 3.30. The van der Waals surface area contributed by atoms with E-state index in [0.717, 1.165) is 6.07 Å². The molecule has 0 radical (unpaired) electrons. The maximum atomic E-state index is 13.9. The molecule has 0 aliphatic heterocycles. The molecule has 0 atom stereocenters. The van der Waals surface area contributed by atoms with Gasteiger partial charge in [-0.2, -0.15) is 0 Å². The van der Waals surface area contributed by atoms with Gasteiger partial charge >= 0.3 is 0 Å². The summed E-state index contributed by atoms with van der Waals surface area (Å²) in [4.78, 5) is 14.0. The van der Waals surface area contributed by atoms with Crippen molar-refractivity contribution in [3.63, 3.8) is 0 Å². The van der Waals surface area contributed by atoms with E-state index in [1.165, 1.54) is 17.0 Å². The highest BCUT2D eigenvalue weighted by molar-refractivity contribution is 5.93. The zero-order chi connectivity index (χ0) is 16.1. The Hall–Kier alpha value is -2.23. The standard InChI is InChI=1S/C18H19F2NO/c1-13(2)10-18(22)21(16-6-4-3-5-7-16)12-14-8-9-15(19)11-17(14)20/h3-9,11,13H,10,12H2,1-2H3. The summed E-state index contributed by atoms with van der Waals surface area (Å²) in [7, 11) is 0. The van der Waals surface area contributed by atoms with Gasteiger partial charge in [0.05, 0.1) is 6.54 Å². The summed E-state index contributed by atoms with van der Waals surface area (Å²) >= 11 is 0. The van der Waals surface area contributed by atoms with Crippen molar-refractivity contribution >= 4 is 11.6 Å². The van der Waals surface area contributed by atoms with Gasteiger partial charge in [-0.15, -0.1) is 0 Å². The van der Waals surface area contributed by atoms with E-state index >= 15 is 0 Å². The van der Waals surface area contributed by atoms with Crippen molar-refractivity contribution in [2.75, 3.05) is 4.90 Å². The minimum atomic E-state index is -0.640. The van der Waals surface area contributed by atoms with Gasteiger partial charge in [-0.1, -0.05) is 38.1 Å². The van der Waals surface area contributed by atoms with Gasteiger partial charge in [0.2, 0.25) is 5.91 Å². The summed E-state index contributed by atoms with van der Waals surface area (Å²) < 4.78 is 26.9. The van der Waals surface area contributed by atoms with Crippen molar-refractivity contribution in [1.82, 2.24) is 0 Å². The second-order valence-electron chi connectivity index (χ2n) is 5.65. The van der Waals surface area contributed by atoms with Crippen LogP contribution in [0, 0.1) is 17.6 Å². The molecule has 2 aromatic rings. The number of amides is 1. The minimum absolute atomic E-state index is 0.0788. The van der Waals surface area contributed by atoms with Crippen LogP contribution >= 0.6 is 0 Å². The first-order chi connectivity index (χ1) is 10.5. The highest BCUT2D eigenvalue weighted by Crippen LogP contribution is 2.21. The van der Waals surface area contributed by atoms with Crippen LogP contribution in [0.3, 0.4) is 0 Å². The topological polar surface area (TPSA) is 20.3 Å². The zero-order valence-corrected chi connectivity index (χ0v) is 12.7. The number of rotatable bonds is 5. The number of hydrogen-bond acceptors (Lipinski definition) is 1. The summed E-state index contributed by atoms with van der Waals surface area (Å²) in [5.41, 5.74) is 0.999. The van der Waals surface area contributed by atoms with Crippen LogP contribution in [0.4, 0.5) is 14.5 Å². The molecule has 0 unspecified atom stereocenters. The van der Waals surface area contributed by atoms with E-state index in [-0.39, 0.29) is 18.4 Å². The highest BCUT2D eigenvalue weighted by atomic mass is 19.1. The van der Waals surface area contributed by atoms with E-state index in [1.54, 1.807) is 12.1 Å². The molecule has 0 heterocycles. The molecule has 0 spiro atoms. The van der Waals surface area contributed by atoms with Crippen molar-refractivity contribution in [2.45, 2.75) is 26.8 Å². The maximum Gasteiger partial charge on any atom is 0.227 e. The van der Waals surface area contributed by atoms with Crippen LogP contribution in [-0.2, 0) is 11.3 Å². The molecule has 0 bridgehead atoms. The molecule has 1 amide bonds. The molecule has 2 rings (SSSR count). The lowest BCUT2D eigenvalue weighted by molar-refractivity contribution is -0.119. The Labute approximate surface area is 129 Å². The van der Waals surface area contributed by atoms with Gasteiger partial charge in [0.15, 0.2) is 0 Å². The molecule has 2 aromatic carbocycles. The molecule has 0 N–H and O–H groups in total. The van der Waals surface area contributed by atoms with Gasteiger partial charge in [-0.05, 0) is 24.1 Å². The number of benzene rings is 2. The van der Waals surface area contributed by atoms with Crippen LogP contribution in [0.25, 0.3) is 0 Å². The van der Waals surface area contributed by atoms with Crippen molar-refractivity contribution in [3.05, 3.63) is 65.7 Å². The quantitative estimate of drug-likeness (QED) is 0.794. The van der Waals surface area contributed by atoms with Gasteiger partial charge in [-0.3, -0.25) is 4.79 Å². The molecule has 2 nitrogen and oxygen atoms in total. The Morgan fingerprint density at radius 3 is 2.36 bits per heavy atom. The van der Waals surface area contributed by atoms with Crippen molar-refractivity contribution in [1.29, 1.82) is 0 Å². The van der Waals surface area contributed by atoms with E-state index in [4.69, 9.17) is 0 Å². The first kappa shape index (κ1) is 16.1. The Kier molecular flexibility index (Phi) is 5.26. The average Bonchev–Trinajstić information content (AvgIpc) is 2.46. The van der Waals surface area contributed by atoms with E-state index in [2.05, 4.69) is 0 Å². The van der Waals surface area contributed by atoms with Crippen molar-refractivity contribution < 1.29 is 13.6 Å². The van der Waals surface area contributed by atoms with Gasteiger partial charge in [0, 0.05) is 23.7 Å². The fourth-order valence-corrected chi connectivity index (χ4v) is 2.21. The Morgan fingerprint density at radius 1 is 1.09 bits per heavy atom. The molecular weight excluding hydrogens is 284 g/mol. The Balaban J connectivity index is 2.30. The number of para-hydroxylation sites is 1. The van der Waals surface area contributed by atoms with Crippen LogP contribution in [0.5, 0.6) is 0 Å². The van der Waals surface area contributed by atoms with E-state index < -0.39 is 11.6 Å². The number of halogens is 2. The second kappa shape index (κ2) is 7.16. The normalized spacial score (nSPS) is 10.8. The number of hydrogen-bond donors (Lipinski definition) is 0. The minimum Gasteiger partial charge on any atom is -0.308 e. The molecule has 4 heteroatoms. The SMILES string of the molecule is CC(C)CC(=O)N(Cc1ccc(F)cc1F)c1ccccc1. The number of carbonyl (C=O) groups excluding carboxylic acids is 1. The van der Waals surface area contributed by atoms with Crippen LogP contribution in [0.15, 0.2) is 48.5 Å². The number of nitrogens with zero attached hydrogens (tertiary/aromatic N) is 1. The van der Waals surface area contributed by atoms with Crippen LogP contribution in [0.1, 0.15) is 25.8 Å². The molecule has 22 heavy (non-hydrogen) atoms. The van der Waals surface area contributed by atoms with Gasteiger partial charge in [-0.25, -0.2) is 8.78 Å². The largest absolute Gasteiger partial charge is 0.308 e. The van der Waals surface area contributed by atoms with Crippen molar-refractivity contribution in [2.24, 2.45) is 5.92 Å². The zero-order valence-electron chi connectivity index (χ0n) is 12.7. The molecule has 0 aromatic heterocycles. The summed E-state index contributed by atoms with van der Waals surface area (Å²) in [6.45, 7) is 4.00. The van der Waals surface area contributed by atoms with E-state index in [1.807, 2.05) is 32.0 Å². The van der Waals surface area contributed by atoms with Crippen LogP contribution in [-0.4, -0.2) is 5.91 Å². The predicted molar refractivity (Wildman–Crippen MR) is 83.4 cm³/mol. The molecule has 0 aliphatic carbocycles. The maximum absolute atomic E-state index is 13.9. The van der Waals surface area contributed by atoms with Crippen LogP contribution in [0.2, 0.25) is 0 Å². The molecule has 0 fully saturated rings. The number of carbonyl (C=O) groups is 1. The highest BCUT2D eigenvalue weighted by Gasteiger charge is 2.18. The third-order valence-electron chi connectivity index (χ3n) is 3.30. The summed E-state index contributed by atoms with van der Waals surface area (Å²) in [6, 6.07) is 12.5. The summed E-state index contributed by atoms with van der Waals surface area (Å²) in [5, 5.41) is 0. The lowest BCUT2D eigenvalue weighted by Gasteiger charge is -2.24. The monoisotopic (exact) mass is 303 g/mol. The van der Waals surface area contributed by atoms with Crippen molar-refractivity contribution in [3.8, 4) is 0 Å². The summed E-state index contributed by atoms with van der Waals surface area (Å²) in [5.74, 6) is -1.14. The lowest BCUT2D eigenvalue weighted by Crippen LogP contribution is -2.31. The first-order valence-corrected chi connectivity index (χ1v) is 7.26. The molecule has 0 saturated carbocycles. The summed E-state index contributed by atoms with van der Waals surface area (Å²) in [6.07, 6.45) is 0.373. The van der Waals surface area contributed by atoms with Crippen LogP contribution < -0.4 is 4.90 Å². The number of anilines is 1. The molecular formula is C18H19F2NO. The van der Waals surface area contributed by atoms with Gasteiger partial charge in [0.25, 0.3) is 0 Å². The van der Waals surface area contributed by atoms with Gasteiger partial charge in [0.1, 0.15) is 11.6 Å². The fraction of sp³-hybridized carbons (Fsp3) is 0.278. The second-order valence-corrected chi connectivity index (χ2v) is 5.65. The third kappa shape index (κ3) is 4.13. The predicted octanol–water partition coefficient (Wildman–Crippen LogP) is 4.54. The molecule has 0 aliphatic rings. The van der Waals surface area contributed by atoms with E-state index in [9.17, 15) is 13.6 Å². The van der Waals surface area contributed by atoms with E-state index in [0.29, 0.717) is 17.7 Å².